The number of aliphatic imine (C=N–C) groups is 1. The smallest absolute Gasteiger partial charge is 0.194 e. The monoisotopic (exact) mass is 307 g/mol. The molecule has 0 spiro atoms. The quantitative estimate of drug-likeness (QED) is 0.468. The normalized spacial score (nSPS) is 18.4. The molecule has 1 aliphatic heterocycles. The van der Waals surface area contributed by atoms with E-state index in [2.05, 4.69) is 15.2 Å². The molecule has 1 saturated heterocycles. The molecule has 0 unspecified atom stereocenters. The number of guanidine groups is 1. The van der Waals surface area contributed by atoms with Gasteiger partial charge in [-0.15, -0.1) is 0 Å². The van der Waals surface area contributed by atoms with Gasteiger partial charge in [0.1, 0.15) is 18.1 Å². The van der Waals surface area contributed by atoms with Crippen LogP contribution in [0.2, 0.25) is 0 Å². The number of rotatable bonds is 6. The maximum absolute atomic E-state index is 9.63. The van der Waals surface area contributed by atoms with Crippen molar-refractivity contribution in [2.45, 2.75) is 19.4 Å². The predicted octanol–water partition coefficient (Wildman–Crippen LogP) is 1.11. The Balaban J connectivity index is 1.83. The van der Waals surface area contributed by atoms with Gasteiger partial charge in [0.05, 0.1) is 19.8 Å². The Morgan fingerprint density at radius 2 is 2.27 bits per heavy atom. The minimum absolute atomic E-state index is 0.253. The number of methoxy groups -OCH3 is 1. The number of nitrogens with one attached hydrogen (secondary N) is 1. The van der Waals surface area contributed by atoms with Gasteiger partial charge in [-0.2, -0.15) is 0 Å². The summed E-state index contributed by atoms with van der Waals surface area (Å²) in [6.45, 7) is 5.38. The van der Waals surface area contributed by atoms with Crippen molar-refractivity contribution in [3.63, 3.8) is 0 Å². The minimum atomic E-state index is -0.253. The third-order valence-corrected chi connectivity index (χ3v) is 3.46. The fourth-order valence-electron chi connectivity index (χ4n) is 2.37. The summed E-state index contributed by atoms with van der Waals surface area (Å²) < 4.78 is 10.8. The lowest BCUT2D eigenvalue weighted by molar-refractivity contribution is 0.187. The Kier molecular flexibility index (Phi) is 6.33. The summed E-state index contributed by atoms with van der Waals surface area (Å²) in [5.41, 5.74) is 0. The molecule has 0 aromatic heterocycles. The molecule has 1 aromatic rings. The second-order valence-electron chi connectivity index (χ2n) is 5.15. The molecular formula is C16H25N3O3. The summed E-state index contributed by atoms with van der Waals surface area (Å²) in [4.78, 5) is 6.63. The Labute approximate surface area is 131 Å². The van der Waals surface area contributed by atoms with E-state index in [1.165, 1.54) is 0 Å². The van der Waals surface area contributed by atoms with E-state index < -0.39 is 0 Å². The number of ether oxygens (including phenoxy) is 2. The zero-order valence-electron chi connectivity index (χ0n) is 13.3. The highest BCUT2D eigenvalue weighted by atomic mass is 16.5. The van der Waals surface area contributed by atoms with Crippen LogP contribution in [-0.2, 0) is 0 Å². The van der Waals surface area contributed by atoms with Crippen molar-refractivity contribution in [3.05, 3.63) is 24.3 Å². The van der Waals surface area contributed by atoms with E-state index >= 15 is 0 Å². The van der Waals surface area contributed by atoms with E-state index in [0.717, 1.165) is 37.0 Å². The zero-order chi connectivity index (χ0) is 15.8. The van der Waals surface area contributed by atoms with Crippen molar-refractivity contribution < 1.29 is 14.6 Å². The van der Waals surface area contributed by atoms with Crippen molar-refractivity contribution >= 4 is 5.96 Å². The lowest BCUT2D eigenvalue weighted by Crippen LogP contribution is -2.40. The van der Waals surface area contributed by atoms with E-state index in [4.69, 9.17) is 9.47 Å². The second-order valence-corrected chi connectivity index (χ2v) is 5.15. The van der Waals surface area contributed by atoms with Crippen molar-refractivity contribution in [1.29, 1.82) is 0 Å². The van der Waals surface area contributed by atoms with Crippen molar-refractivity contribution in [1.82, 2.24) is 10.2 Å². The van der Waals surface area contributed by atoms with Crippen LogP contribution in [0.4, 0.5) is 0 Å². The number of β-amino-alcohol motifs (C(OH)–C–C–N with tert-alkyl or cyclic N) is 1. The van der Waals surface area contributed by atoms with Gasteiger partial charge in [0.2, 0.25) is 0 Å². The lowest BCUT2D eigenvalue weighted by Gasteiger charge is -2.20. The van der Waals surface area contributed by atoms with Gasteiger partial charge in [0, 0.05) is 25.7 Å². The van der Waals surface area contributed by atoms with Crippen molar-refractivity contribution in [3.8, 4) is 11.5 Å². The van der Waals surface area contributed by atoms with Crippen LogP contribution >= 0.6 is 0 Å². The Bertz CT molecular complexity index is 493. The summed E-state index contributed by atoms with van der Waals surface area (Å²) in [6, 6.07) is 7.53. The zero-order valence-corrected chi connectivity index (χ0v) is 13.3. The first-order valence-electron chi connectivity index (χ1n) is 7.71. The molecule has 1 fully saturated rings. The molecule has 0 saturated carbocycles. The fourth-order valence-corrected chi connectivity index (χ4v) is 2.37. The maximum atomic E-state index is 9.63. The molecule has 122 valence electrons. The first-order chi connectivity index (χ1) is 10.7. The van der Waals surface area contributed by atoms with Crippen LogP contribution in [0.25, 0.3) is 0 Å². The van der Waals surface area contributed by atoms with Crippen LogP contribution in [-0.4, -0.2) is 62.0 Å². The topological polar surface area (TPSA) is 66.3 Å². The average Bonchev–Trinajstić information content (AvgIpc) is 2.97. The van der Waals surface area contributed by atoms with Gasteiger partial charge in [0.25, 0.3) is 0 Å². The molecule has 0 aliphatic carbocycles. The van der Waals surface area contributed by atoms with Crippen LogP contribution in [0.3, 0.4) is 0 Å². The summed E-state index contributed by atoms with van der Waals surface area (Å²) in [5, 5.41) is 12.9. The van der Waals surface area contributed by atoms with Gasteiger partial charge in [-0.1, -0.05) is 6.07 Å². The number of aliphatic hydroxyl groups excluding tert-OH is 1. The first-order valence-corrected chi connectivity index (χ1v) is 7.71. The van der Waals surface area contributed by atoms with Gasteiger partial charge < -0.3 is 24.8 Å². The summed E-state index contributed by atoms with van der Waals surface area (Å²) >= 11 is 0. The van der Waals surface area contributed by atoms with E-state index in [-0.39, 0.29) is 6.10 Å². The molecule has 22 heavy (non-hydrogen) atoms. The van der Waals surface area contributed by atoms with Crippen molar-refractivity contribution in [2.24, 2.45) is 4.99 Å². The van der Waals surface area contributed by atoms with Crippen LogP contribution in [0, 0.1) is 0 Å². The SMILES string of the molecule is CCNC(=NCCOc1cccc(OC)c1)N1CC[C@@H](O)C1. The number of aliphatic hydroxyl groups is 1. The van der Waals surface area contributed by atoms with E-state index in [1.54, 1.807) is 7.11 Å². The third kappa shape index (κ3) is 4.80. The molecule has 6 nitrogen and oxygen atoms in total. The van der Waals surface area contributed by atoms with Gasteiger partial charge in [-0.25, -0.2) is 4.99 Å². The van der Waals surface area contributed by atoms with Crippen molar-refractivity contribution in [2.75, 3.05) is 39.9 Å². The van der Waals surface area contributed by atoms with Gasteiger partial charge in [-0.05, 0) is 25.5 Å². The molecule has 0 radical (unpaired) electrons. The molecule has 1 aromatic carbocycles. The maximum Gasteiger partial charge on any atom is 0.194 e. The number of hydrogen-bond acceptors (Lipinski definition) is 4. The molecule has 0 bridgehead atoms. The summed E-state index contributed by atoms with van der Waals surface area (Å²) in [6.07, 6.45) is 0.543. The molecule has 2 N–H and O–H groups in total. The van der Waals surface area contributed by atoms with Gasteiger partial charge >= 0.3 is 0 Å². The molecule has 2 rings (SSSR count). The molecule has 1 atom stereocenters. The lowest BCUT2D eigenvalue weighted by atomic mass is 10.3. The van der Waals surface area contributed by atoms with E-state index in [0.29, 0.717) is 19.7 Å². The number of hydrogen-bond donors (Lipinski definition) is 2. The minimum Gasteiger partial charge on any atom is -0.497 e. The Morgan fingerprint density at radius 3 is 2.95 bits per heavy atom. The molecular weight excluding hydrogens is 282 g/mol. The first kappa shape index (κ1) is 16.4. The summed E-state index contributed by atoms with van der Waals surface area (Å²) in [7, 11) is 1.64. The van der Waals surface area contributed by atoms with Gasteiger partial charge in [0.15, 0.2) is 5.96 Å². The van der Waals surface area contributed by atoms with Crippen LogP contribution in [0.15, 0.2) is 29.3 Å². The molecule has 6 heteroatoms. The largest absolute Gasteiger partial charge is 0.497 e. The van der Waals surface area contributed by atoms with Crippen LogP contribution < -0.4 is 14.8 Å². The van der Waals surface area contributed by atoms with E-state index in [9.17, 15) is 5.11 Å². The standard InChI is InChI=1S/C16H25N3O3/c1-3-17-16(19-9-7-13(20)12-19)18-8-10-22-15-6-4-5-14(11-15)21-2/h4-6,11,13,20H,3,7-10,12H2,1-2H3,(H,17,18)/t13-/m1/s1. The Hall–Kier alpha value is -1.95. The van der Waals surface area contributed by atoms with E-state index in [1.807, 2.05) is 31.2 Å². The van der Waals surface area contributed by atoms with Crippen LogP contribution in [0.5, 0.6) is 11.5 Å². The molecule has 0 amide bonds. The fraction of sp³-hybridized carbons (Fsp3) is 0.562. The average molecular weight is 307 g/mol. The number of benzene rings is 1. The highest BCUT2D eigenvalue weighted by Gasteiger charge is 2.22. The van der Waals surface area contributed by atoms with Gasteiger partial charge in [-0.3, -0.25) is 0 Å². The third-order valence-electron chi connectivity index (χ3n) is 3.46. The van der Waals surface area contributed by atoms with Crippen LogP contribution in [0.1, 0.15) is 13.3 Å². The second kappa shape index (κ2) is 8.48. The molecule has 1 aliphatic rings. The number of likely N-dealkylation sites (tertiary alicyclic amines) is 1. The highest BCUT2D eigenvalue weighted by molar-refractivity contribution is 5.80. The predicted molar refractivity (Wildman–Crippen MR) is 86.7 cm³/mol. The highest BCUT2D eigenvalue weighted by Crippen LogP contribution is 2.18. The molecule has 1 heterocycles. The summed E-state index contributed by atoms with van der Waals surface area (Å²) in [5.74, 6) is 2.39. The number of nitrogens with zero attached hydrogens (tertiary/aromatic N) is 2. The Morgan fingerprint density at radius 1 is 1.45 bits per heavy atom.